The van der Waals surface area contributed by atoms with E-state index in [1.54, 1.807) is 0 Å². The summed E-state index contributed by atoms with van der Waals surface area (Å²) < 4.78 is 7.66. The Labute approximate surface area is 106 Å². The van der Waals surface area contributed by atoms with Crippen molar-refractivity contribution in [3.63, 3.8) is 0 Å². The van der Waals surface area contributed by atoms with Crippen molar-refractivity contribution in [2.45, 2.75) is 39.9 Å². The van der Waals surface area contributed by atoms with Gasteiger partial charge in [-0.25, -0.2) is 9.67 Å². The van der Waals surface area contributed by atoms with Gasteiger partial charge in [0.15, 0.2) is 11.6 Å². The van der Waals surface area contributed by atoms with E-state index in [0.717, 1.165) is 30.1 Å². The SMILES string of the molecule is CC(C)C1=C2OCc3nc(CO)nn3C2=CCC1. The zero-order valence-corrected chi connectivity index (χ0v) is 10.7. The normalized spacial score (nSPS) is 18.3. The molecule has 1 N–H and O–H groups in total. The molecule has 0 saturated carbocycles. The van der Waals surface area contributed by atoms with Gasteiger partial charge in [0, 0.05) is 0 Å². The van der Waals surface area contributed by atoms with E-state index < -0.39 is 0 Å². The molecule has 2 heterocycles. The zero-order valence-electron chi connectivity index (χ0n) is 10.7. The van der Waals surface area contributed by atoms with Crippen molar-refractivity contribution < 1.29 is 9.84 Å². The van der Waals surface area contributed by atoms with Gasteiger partial charge in [-0.2, -0.15) is 0 Å². The van der Waals surface area contributed by atoms with Crippen molar-refractivity contribution in [2.75, 3.05) is 0 Å². The summed E-state index contributed by atoms with van der Waals surface area (Å²) in [5, 5.41) is 13.4. The second-order valence-electron chi connectivity index (χ2n) is 4.94. The molecule has 1 aliphatic heterocycles. The molecule has 3 rings (SSSR count). The van der Waals surface area contributed by atoms with E-state index in [9.17, 15) is 0 Å². The number of hydrogen-bond donors (Lipinski definition) is 1. The number of ether oxygens (including phenoxy) is 1. The van der Waals surface area contributed by atoms with Crippen LogP contribution in [0.5, 0.6) is 0 Å². The molecule has 0 bridgehead atoms. The third-order valence-corrected chi connectivity index (χ3v) is 3.41. The molecule has 0 unspecified atom stereocenters. The van der Waals surface area contributed by atoms with Crippen LogP contribution in [0.25, 0.3) is 5.70 Å². The van der Waals surface area contributed by atoms with E-state index in [1.807, 2.05) is 4.68 Å². The number of aliphatic hydroxyl groups excluding tert-OH is 1. The smallest absolute Gasteiger partial charge is 0.176 e. The summed E-state index contributed by atoms with van der Waals surface area (Å²) in [6.07, 6.45) is 4.19. The molecule has 1 aromatic heterocycles. The molecule has 18 heavy (non-hydrogen) atoms. The highest BCUT2D eigenvalue weighted by molar-refractivity contribution is 5.65. The van der Waals surface area contributed by atoms with Crippen LogP contribution in [-0.2, 0) is 18.0 Å². The second kappa shape index (κ2) is 4.24. The minimum atomic E-state index is -0.136. The van der Waals surface area contributed by atoms with E-state index in [1.165, 1.54) is 5.57 Å². The number of fused-ring (bicyclic) bond motifs is 3. The fourth-order valence-electron chi connectivity index (χ4n) is 2.52. The number of hydrogen-bond acceptors (Lipinski definition) is 4. The summed E-state index contributed by atoms with van der Waals surface area (Å²) in [6, 6.07) is 0. The first-order valence-corrected chi connectivity index (χ1v) is 6.33. The molecule has 0 saturated heterocycles. The number of rotatable bonds is 2. The summed E-state index contributed by atoms with van der Waals surface area (Å²) in [7, 11) is 0. The monoisotopic (exact) mass is 247 g/mol. The molecule has 0 atom stereocenters. The van der Waals surface area contributed by atoms with Crippen LogP contribution < -0.4 is 0 Å². The quantitative estimate of drug-likeness (QED) is 0.866. The van der Waals surface area contributed by atoms with Crippen molar-refractivity contribution in [1.82, 2.24) is 14.8 Å². The first-order valence-electron chi connectivity index (χ1n) is 6.33. The van der Waals surface area contributed by atoms with Gasteiger partial charge in [0.05, 0.1) is 0 Å². The van der Waals surface area contributed by atoms with Gasteiger partial charge in [-0.05, 0) is 24.3 Å². The molecule has 5 heteroatoms. The summed E-state index contributed by atoms with van der Waals surface area (Å²) in [4.78, 5) is 4.24. The van der Waals surface area contributed by atoms with E-state index >= 15 is 0 Å². The molecular formula is C13H17N3O2. The molecule has 0 radical (unpaired) electrons. The van der Waals surface area contributed by atoms with Gasteiger partial charge in [0.25, 0.3) is 0 Å². The number of aromatic nitrogens is 3. The number of nitrogens with zero attached hydrogens (tertiary/aromatic N) is 3. The fourth-order valence-corrected chi connectivity index (χ4v) is 2.52. The molecule has 0 fully saturated rings. The van der Waals surface area contributed by atoms with Crippen LogP contribution in [-0.4, -0.2) is 19.9 Å². The highest BCUT2D eigenvalue weighted by Crippen LogP contribution is 2.36. The molecule has 5 nitrogen and oxygen atoms in total. The largest absolute Gasteiger partial charge is 0.483 e. The molecule has 1 aliphatic carbocycles. The van der Waals surface area contributed by atoms with Crippen molar-refractivity contribution in [2.24, 2.45) is 5.92 Å². The Hall–Kier alpha value is -1.62. The highest BCUT2D eigenvalue weighted by Gasteiger charge is 2.28. The Balaban J connectivity index is 2.09. The van der Waals surface area contributed by atoms with Gasteiger partial charge in [-0.3, -0.25) is 0 Å². The summed E-state index contributed by atoms with van der Waals surface area (Å²) in [6.45, 7) is 4.66. The van der Waals surface area contributed by atoms with E-state index in [0.29, 0.717) is 18.3 Å². The third kappa shape index (κ3) is 1.66. The molecular weight excluding hydrogens is 230 g/mol. The molecule has 2 aliphatic rings. The highest BCUT2D eigenvalue weighted by atomic mass is 16.5. The van der Waals surface area contributed by atoms with Gasteiger partial charge in [0.1, 0.15) is 24.7 Å². The van der Waals surface area contributed by atoms with Crippen LogP contribution in [0.4, 0.5) is 0 Å². The van der Waals surface area contributed by atoms with Crippen LogP contribution >= 0.6 is 0 Å². The van der Waals surface area contributed by atoms with Gasteiger partial charge < -0.3 is 9.84 Å². The maximum absolute atomic E-state index is 9.11. The second-order valence-corrected chi connectivity index (χ2v) is 4.94. The van der Waals surface area contributed by atoms with Gasteiger partial charge in [0.2, 0.25) is 0 Å². The van der Waals surface area contributed by atoms with Gasteiger partial charge >= 0.3 is 0 Å². The maximum atomic E-state index is 9.11. The van der Waals surface area contributed by atoms with Crippen molar-refractivity contribution >= 4 is 5.70 Å². The predicted molar refractivity (Wildman–Crippen MR) is 66.1 cm³/mol. The lowest BCUT2D eigenvalue weighted by molar-refractivity contribution is 0.180. The lowest BCUT2D eigenvalue weighted by Crippen LogP contribution is -2.20. The predicted octanol–water partition coefficient (Wildman–Crippen LogP) is 1.85. The first kappa shape index (κ1) is 11.5. The number of allylic oxidation sites excluding steroid dienone is 3. The molecule has 96 valence electrons. The standard InChI is InChI=1S/C13H17N3O2/c1-8(2)9-4-3-5-10-13(9)18-7-12-14-11(6-17)15-16(10)12/h5,8,17H,3-4,6-7H2,1-2H3. The average molecular weight is 247 g/mol. The van der Waals surface area contributed by atoms with Crippen molar-refractivity contribution in [3.8, 4) is 0 Å². The lowest BCUT2D eigenvalue weighted by atomic mass is 9.92. The van der Waals surface area contributed by atoms with Crippen molar-refractivity contribution in [3.05, 3.63) is 29.1 Å². The molecule has 1 aromatic rings. The molecule has 0 amide bonds. The average Bonchev–Trinajstić information content (AvgIpc) is 2.81. The summed E-state index contributed by atoms with van der Waals surface area (Å²) in [5.74, 6) is 2.65. The van der Waals surface area contributed by atoms with Crippen LogP contribution in [0.1, 0.15) is 38.3 Å². The Kier molecular flexibility index (Phi) is 2.70. The molecule has 0 aromatic carbocycles. The number of aliphatic hydroxyl groups is 1. The Morgan fingerprint density at radius 2 is 2.33 bits per heavy atom. The van der Waals surface area contributed by atoms with Gasteiger partial charge in [-0.15, -0.1) is 5.10 Å². The van der Waals surface area contributed by atoms with Crippen LogP contribution in [0, 0.1) is 5.92 Å². The van der Waals surface area contributed by atoms with E-state index in [4.69, 9.17) is 9.84 Å². The van der Waals surface area contributed by atoms with E-state index in [-0.39, 0.29) is 6.61 Å². The van der Waals surface area contributed by atoms with Crippen LogP contribution in [0.15, 0.2) is 17.4 Å². The Morgan fingerprint density at radius 1 is 1.50 bits per heavy atom. The Bertz CT molecular complexity index is 540. The third-order valence-electron chi connectivity index (χ3n) is 3.41. The first-order chi connectivity index (χ1) is 8.70. The van der Waals surface area contributed by atoms with Crippen molar-refractivity contribution in [1.29, 1.82) is 0 Å². The lowest BCUT2D eigenvalue weighted by Gasteiger charge is -2.28. The zero-order chi connectivity index (χ0) is 12.7. The molecule has 0 spiro atoms. The van der Waals surface area contributed by atoms with Crippen LogP contribution in [0.3, 0.4) is 0 Å². The Morgan fingerprint density at radius 3 is 3.06 bits per heavy atom. The van der Waals surface area contributed by atoms with E-state index in [2.05, 4.69) is 30.0 Å². The summed E-state index contributed by atoms with van der Waals surface area (Å²) >= 11 is 0. The summed E-state index contributed by atoms with van der Waals surface area (Å²) in [5.41, 5.74) is 2.33. The van der Waals surface area contributed by atoms with Crippen LogP contribution in [0.2, 0.25) is 0 Å². The topological polar surface area (TPSA) is 60.2 Å². The maximum Gasteiger partial charge on any atom is 0.176 e. The minimum absolute atomic E-state index is 0.136. The van der Waals surface area contributed by atoms with Gasteiger partial charge in [-0.1, -0.05) is 19.9 Å². The fraction of sp³-hybridized carbons (Fsp3) is 0.538. The minimum Gasteiger partial charge on any atom is -0.483 e.